The normalized spacial score (nSPS) is 26.2. The molecule has 1 saturated carbocycles. The van der Waals surface area contributed by atoms with Gasteiger partial charge in [-0.25, -0.2) is 4.39 Å². The van der Waals surface area contributed by atoms with Gasteiger partial charge in [0, 0.05) is 6.07 Å². The highest BCUT2D eigenvalue weighted by molar-refractivity contribution is 5.75. The summed E-state index contributed by atoms with van der Waals surface area (Å²) >= 11 is 0. The molecule has 3 nitrogen and oxygen atoms in total. The van der Waals surface area contributed by atoms with Crippen LogP contribution in [0.4, 0.5) is 4.39 Å². The van der Waals surface area contributed by atoms with Crippen molar-refractivity contribution in [3.8, 4) is 5.75 Å². The van der Waals surface area contributed by atoms with Crippen LogP contribution in [0.5, 0.6) is 5.75 Å². The van der Waals surface area contributed by atoms with Crippen LogP contribution in [0.1, 0.15) is 38.2 Å². The van der Waals surface area contributed by atoms with Crippen LogP contribution in [0.2, 0.25) is 0 Å². The molecule has 0 radical (unpaired) electrons. The number of ether oxygens (including phenoxy) is 1. The summed E-state index contributed by atoms with van der Waals surface area (Å²) in [4.78, 5) is 11.7. The molecule has 0 amide bonds. The van der Waals surface area contributed by atoms with Crippen molar-refractivity contribution in [1.29, 1.82) is 0 Å². The van der Waals surface area contributed by atoms with Gasteiger partial charge in [0.25, 0.3) is 0 Å². The van der Waals surface area contributed by atoms with Gasteiger partial charge in [0.05, 0.1) is 12.5 Å². The smallest absolute Gasteiger partial charge is 0.309 e. The molecule has 0 saturated heterocycles. The molecule has 1 aliphatic rings. The molecule has 2 rings (SSSR count). The molecule has 1 aliphatic carbocycles. The average Bonchev–Trinajstić information content (AvgIpc) is 2.43. The highest BCUT2D eigenvalue weighted by atomic mass is 19.1. The maximum Gasteiger partial charge on any atom is 0.309 e. The van der Waals surface area contributed by atoms with Crippen molar-refractivity contribution in [1.82, 2.24) is 0 Å². The van der Waals surface area contributed by atoms with Gasteiger partial charge in [-0.2, -0.15) is 0 Å². The van der Waals surface area contributed by atoms with E-state index in [4.69, 9.17) is 4.74 Å². The van der Waals surface area contributed by atoms with Crippen molar-refractivity contribution in [2.45, 2.75) is 39.0 Å². The molecule has 0 atom stereocenters. The van der Waals surface area contributed by atoms with Crippen LogP contribution in [0.15, 0.2) is 18.2 Å². The zero-order valence-corrected chi connectivity index (χ0v) is 12.0. The third-order valence-corrected chi connectivity index (χ3v) is 4.47. The Balaban J connectivity index is 2.23. The molecule has 1 aromatic rings. The van der Waals surface area contributed by atoms with E-state index in [-0.39, 0.29) is 12.2 Å². The van der Waals surface area contributed by atoms with Gasteiger partial charge in [-0.15, -0.1) is 0 Å². The Hall–Kier alpha value is -1.58. The molecule has 0 spiro atoms. The second-order valence-electron chi connectivity index (χ2n) is 5.90. The number of halogens is 1. The van der Waals surface area contributed by atoms with Crippen molar-refractivity contribution in [2.75, 3.05) is 7.11 Å². The summed E-state index contributed by atoms with van der Waals surface area (Å²) in [5.74, 6) is -0.181. The number of hydrogen-bond acceptors (Lipinski definition) is 2. The molecule has 1 fully saturated rings. The Morgan fingerprint density at radius 1 is 1.45 bits per heavy atom. The fourth-order valence-electron chi connectivity index (χ4n) is 2.94. The molecule has 1 N–H and O–H groups in total. The van der Waals surface area contributed by atoms with Crippen molar-refractivity contribution in [3.05, 3.63) is 29.6 Å². The van der Waals surface area contributed by atoms with Gasteiger partial charge in [0.2, 0.25) is 0 Å². The third kappa shape index (κ3) is 2.94. The molecular weight excluding hydrogens is 259 g/mol. The van der Waals surface area contributed by atoms with E-state index in [0.29, 0.717) is 30.1 Å². The molecule has 0 aromatic heterocycles. The molecule has 0 unspecified atom stereocenters. The van der Waals surface area contributed by atoms with Gasteiger partial charge in [0.15, 0.2) is 0 Å². The lowest BCUT2D eigenvalue weighted by Crippen LogP contribution is -2.37. The van der Waals surface area contributed by atoms with Gasteiger partial charge >= 0.3 is 5.97 Å². The van der Waals surface area contributed by atoms with Crippen LogP contribution < -0.4 is 4.74 Å². The molecule has 20 heavy (non-hydrogen) atoms. The predicted molar refractivity (Wildman–Crippen MR) is 74.4 cm³/mol. The second kappa shape index (κ2) is 5.81. The lowest BCUT2D eigenvalue weighted by molar-refractivity contribution is -0.151. The first-order valence-electron chi connectivity index (χ1n) is 7.03. The first kappa shape index (κ1) is 14.8. The minimum atomic E-state index is -0.818. The van der Waals surface area contributed by atoms with Crippen molar-refractivity contribution in [2.24, 2.45) is 11.3 Å². The second-order valence-corrected chi connectivity index (χ2v) is 5.90. The summed E-state index contributed by atoms with van der Waals surface area (Å²) in [6.45, 7) is 2.14. The van der Waals surface area contributed by atoms with Crippen LogP contribution in [0.25, 0.3) is 0 Å². The maximum absolute atomic E-state index is 14.0. The lowest BCUT2D eigenvalue weighted by atomic mass is 9.68. The van der Waals surface area contributed by atoms with E-state index in [1.165, 1.54) is 13.2 Å². The Morgan fingerprint density at radius 3 is 2.60 bits per heavy atom. The van der Waals surface area contributed by atoms with Crippen LogP contribution >= 0.6 is 0 Å². The molecular formula is C16H21FO3. The summed E-state index contributed by atoms with van der Waals surface area (Å²) in [6.07, 6.45) is 3.28. The molecule has 110 valence electrons. The number of methoxy groups -OCH3 is 1. The van der Waals surface area contributed by atoms with E-state index in [1.54, 1.807) is 12.1 Å². The number of aliphatic carboxylic acids is 1. The molecule has 1 aromatic carbocycles. The number of carbonyl (C=O) groups is 1. The van der Waals surface area contributed by atoms with Crippen LogP contribution in [-0.2, 0) is 11.2 Å². The third-order valence-electron chi connectivity index (χ3n) is 4.47. The van der Waals surface area contributed by atoms with Crippen LogP contribution in [0.3, 0.4) is 0 Å². The first-order valence-corrected chi connectivity index (χ1v) is 7.03. The highest BCUT2D eigenvalue weighted by Crippen LogP contribution is 2.42. The number of hydrogen-bond donors (Lipinski definition) is 1. The number of carboxylic acids is 1. The lowest BCUT2D eigenvalue weighted by Gasteiger charge is -2.36. The zero-order valence-electron chi connectivity index (χ0n) is 12.0. The van der Waals surface area contributed by atoms with Gasteiger partial charge in [0.1, 0.15) is 11.6 Å². The van der Waals surface area contributed by atoms with E-state index in [0.717, 1.165) is 12.8 Å². The largest absolute Gasteiger partial charge is 0.497 e. The van der Waals surface area contributed by atoms with Gasteiger partial charge < -0.3 is 9.84 Å². The summed E-state index contributed by atoms with van der Waals surface area (Å²) < 4.78 is 19.0. The fraction of sp³-hybridized carbons (Fsp3) is 0.562. The number of carboxylic acid groups (broad SMARTS) is 1. The highest BCUT2D eigenvalue weighted by Gasteiger charge is 2.41. The summed E-state index contributed by atoms with van der Waals surface area (Å²) in [5, 5.41) is 9.58. The fourth-order valence-corrected chi connectivity index (χ4v) is 2.94. The number of benzene rings is 1. The Labute approximate surface area is 118 Å². The molecule has 0 heterocycles. The van der Waals surface area contributed by atoms with E-state index in [9.17, 15) is 14.3 Å². The Kier molecular flexibility index (Phi) is 4.31. The maximum atomic E-state index is 14.0. The van der Waals surface area contributed by atoms with E-state index in [1.807, 2.05) is 0 Å². The van der Waals surface area contributed by atoms with Gasteiger partial charge in [-0.3, -0.25) is 4.79 Å². The number of rotatable bonds is 4. The average molecular weight is 280 g/mol. The minimum absolute atomic E-state index is 0.255. The van der Waals surface area contributed by atoms with E-state index in [2.05, 4.69) is 6.92 Å². The first-order chi connectivity index (χ1) is 9.47. The summed E-state index contributed by atoms with van der Waals surface area (Å²) in [5.41, 5.74) is -0.357. The van der Waals surface area contributed by atoms with Crippen molar-refractivity contribution in [3.63, 3.8) is 0 Å². The molecule has 0 aliphatic heterocycles. The Bertz CT molecular complexity index is 490. The van der Waals surface area contributed by atoms with E-state index >= 15 is 0 Å². The summed E-state index contributed by atoms with van der Waals surface area (Å²) in [7, 11) is 1.48. The molecule has 4 heteroatoms. The molecule has 0 bridgehead atoms. The van der Waals surface area contributed by atoms with Crippen molar-refractivity contribution < 1.29 is 19.0 Å². The van der Waals surface area contributed by atoms with Crippen LogP contribution in [0, 0.1) is 17.2 Å². The monoisotopic (exact) mass is 280 g/mol. The van der Waals surface area contributed by atoms with Crippen LogP contribution in [-0.4, -0.2) is 18.2 Å². The van der Waals surface area contributed by atoms with Gasteiger partial charge in [-0.1, -0.05) is 13.0 Å². The predicted octanol–water partition coefficient (Wildman–Crippen LogP) is 3.66. The topological polar surface area (TPSA) is 46.5 Å². The summed E-state index contributed by atoms with van der Waals surface area (Å²) in [6, 6.07) is 4.63. The standard InChI is InChI=1S/C16H21FO3/c1-11-5-7-16(8-6-11,15(18)19)10-12-3-4-13(20-2)9-14(12)17/h3-4,9,11H,5-8,10H2,1-2H3,(H,18,19). The van der Waals surface area contributed by atoms with Gasteiger partial charge in [-0.05, 0) is 49.7 Å². The Morgan fingerprint density at radius 2 is 2.10 bits per heavy atom. The quantitative estimate of drug-likeness (QED) is 0.915. The SMILES string of the molecule is COc1ccc(CC2(C(=O)O)CCC(C)CC2)c(F)c1. The van der Waals surface area contributed by atoms with Crippen molar-refractivity contribution >= 4 is 5.97 Å². The van der Waals surface area contributed by atoms with E-state index < -0.39 is 11.4 Å². The minimum Gasteiger partial charge on any atom is -0.497 e. The zero-order chi connectivity index (χ0) is 14.8.